The third-order valence-corrected chi connectivity index (χ3v) is 8.15. The van der Waals surface area contributed by atoms with Crippen LogP contribution in [-0.4, -0.2) is 73.4 Å². The number of fused-ring (bicyclic) bond motifs is 3. The second-order valence-corrected chi connectivity index (χ2v) is 10.5. The second-order valence-electron chi connectivity index (χ2n) is 10.5. The van der Waals surface area contributed by atoms with Gasteiger partial charge in [-0.2, -0.15) is 14.7 Å². The standard InChI is InChI=1S/C27H27N11O2/c1-13-7-16(10-31-21(13)24-29-5-6-30-24)19-11-34-38-23(28)20(14(2)39)22(35-26(19)38)15-8-17-3-4-18(9-15)37(17)27(40)25-32-12-33-36-25/h5-7,10-12,15,17-18H,3-4,8-9,28H2,1-2H3,(H,29,30)(H,32,33,36)/t15?,17-,18?/m0/s1. The van der Waals surface area contributed by atoms with E-state index in [4.69, 9.17) is 10.7 Å². The molecule has 0 spiro atoms. The summed E-state index contributed by atoms with van der Waals surface area (Å²) in [4.78, 5) is 49.1. The molecule has 1 amide bonds. The molecule has 2 unspecified atom stereocenters. The lowest BCUT2D eigenvalue weighted by atomic mass is 9.85. The zero-order valence-corrected chi connectivity index (χ0v) is 22.0. The largest absolute Gasteiger partial charge is 0.383 e. The highest BCUT2D eigenvalue weighted by molar-refractivity contribution is 6.00. The number of nitrogens with two attached hydrogens (primary N) is 1. The highest BCUT2D eigenvalue weighted by Gasteiger charge is 2.45. The zero-order chi connectivity index (χ0) is 27.5. The fourth-order valence-electron chi connectivity index (χ4n) is 6.42. The van der Waals surface area contributed by atoms with Gasteiger partial charge in [0.1, 0.15) is 17.8 Å². The molecule has 40 heavy (non-hydrogen) atoms. The maximum atomic E-state index is 13.1. The summed E-state index contributed by atoms with van der Waals surface area (Å²) < 4.78 is 1.53. The Labute approximate surface area is 228 Å². The van der Waals surface area contributed by atoms with Gasteiger partial charge in [0, 0.05) is 47.7 Å². The molecule has 0 aromatic carbocycles. The molecule has 0 aliphatic carbocycles. The number of nitrogens with zero attached hydrogens (tertiary/aromatic N) is 8. The summed E-state index contributed by atoms with van der Waals surface area (Å²) in [6.45, 7) is 3.48. The van der Waals surface area contributed by atoms with Crippen molar-refractivity contribution in [3.05, 3.63) is 59.8 Å². The van der Waals surface area contributed by atoms with Gasteiger partial charge in [-0.05, 0) is 51.2 Å². The molecule has 5 aromatic heterocycles. The molecule has 2 fully saturated rings. The quantitative estimate of drug-likeness (QED) is 0.284. The number of piperidine rings is 1. The molecule has 7 heterocycles. The Morgan fingerprint density at radius 3 is 2.55 bits per heavy atom. The van der Waals surface area contributed by atoms with Gasteiger partial charge in [0.25, 0.3) is 5.91 Å². The minimum absolute atomic E-state index is 0.0192. The van der Waals surface area contributed by atoms with E-state index in [2.05, 4.69) is 35.2 Å². The maximum Gasteiger partial charge on any atom is 0.291 e. The Hall–Kier alpha value is -4.94. The minimum Gasteiger partial charge on any atom is -0.383 e. The average molecular weight is 538 g/mol. The van der Waals surface area contributed by atoms with Crippen LogP contribution in [0.5, 0.6) is 0 Å². The summed E-state index contributed by atoms with van der Waals surface area (Å²) in [6, 6.07) is 2.06. The number of hydrogen-bond acceptors (Lipinski definition) is 9. The van der Waals surface area contributed by atoms with Crippen LogP contribution in [0.4, 0.5) is 5.82 Å². The third kappa shape index (κ3) is 3.68. The maximum absolute atomic E-state index is 13.1. The average Bonchev–Trinajstić information content (AvgIpc) is 3.75. The minimum atomic E-state index is -0.160. The van der Waals surface area contributed by atoms with Gasteiger partial charge in [0.05, 0.1) is 17.5 Å². The van der Waals surface area contributed by atoms with Gasteiger partial charge < -0.3 is 15.6 Å². The zero-order valence-electron chi connectivity index (χ0n) is 22.0. The highest BCUT2D eigenvalue weighted by Crippen LogP contribution is 2.45. The molecule has 2 bridgehead atoms. The number of aromatic amines is 2. The third-order valence-electron chi connectivity index (χ3n) is 8.15. The Kier molecular flexibility index (Phi) is 5.47. The first-order valence-corrected chi connectivity index (χ1v) is 13.2. The van der Waals surface area contributed by atoms with E-state index in [1.54, 1.807) is 24.8 Å². The lowest BCUT2D eigenvalue weighted by Crippen LogP contribution is -2.46. The van der Waals surface area contributed by atoms with E-state index in [0.717, 1.165) is 35.2 Å². The van der Waals surface area contributed by atoms with Gasteiger partial charge >= 0.3 is 0 Å². The number of anilines is 1. The van der Waals surface area contributed by atoms with E-state index in [0.29, 0.717) is 35.6 Å². The van der Waals surface area contributed by atoms with Crippen LogP contribution in [0.2, 0.25) is 0 Å². The van der Waals surface area contributed by atoms with Crippen LogP contribution in [0.1, 0.15) is 70.8 Å². The molecule has 5 aromatic rings. The highest BCUT2D eigenvalue weighted by atomic mass is 16.2. The number of pyridine rings is 1. The van der Waals surface area contributed by atoms with Crippen molar-refractivity contribution in [3.8, 4) is 22.6 Å². The lowest BCUT2D eigenvalue weighted by molar-refractivity contribution is 0.0556. The fraction of sp³-hybridized carbons (Fsp3) is 0.333. The van der Waals surface area contributed by atoms with Gasteiger partial charge in [0.2, 0.25) is 5.82 Å². The van der Waals surface area contributed by atoms with Crippen molar-refractivity contribution in [1.82, 2.24) is 49.6 Å². The van der Waals surface area contributed by atoms with Gasteiger partial charge in [0.15, 0.2) is 17.3 Å². The number of Topliss-reactive ketones (excluding diaryl/α,β-unsaturated/α-hetero) is 1. The van der Waals surface area contributed by atoms with Crippen LogP contribution < -0.4 is 5.73 Å². The van der Waals surface area contributed by atoms with Gasteiger partial charge in [-0.3, -0.25) is 19.7 Å². The summed E-state index contributed by atoms with van der Waals surface area (Å²) in [5, 5.41) is 11.0. The summed E-state index contributed by atoms with van der Waals surface area (Å²) in [5.41, 5.74) is 11.5. The number of rotatable bonds is 5. The first kappa shape index (κ1) is 24.1. The number of amides is 1. The van der Waals surface area contributed by atoms with Crippen LogP contribution in [0.15, 0.2) is 37.2 Å². The molecule has 13 nitrogen and oxygen atoms in total. The Bertz CT molecular complexity index is 1740. The van der Waals surface area contributed by atoms with E-state index in [1.165, 1.54) is 17.8 Å². The predicted octanol–water partition coefficient (Wildman–Crippen LogP) is 2.94. The molecule has 4 N–H and O–H groups in total. The van der Waals surface area contributed by atoms with Crippen molar-refractivity contribution in [2.75, 3.05) is 5.73 Å². The number of carbonyl (C=O) groups excluding carboxylic acids is 2. The number of aryl methyl sites for hydroxylation is 1. The Balaban J connectivity index is 1.28. The van der Waals surface area contributed by atoms with Crippen LogP contribution >= 0.6 is 0 Å². The Morgan fingerprint density at radius 2 is 1.90 bits per heavy atom. The summed E-state index contributed by atoms with van der Waals surface area (Å²) in [5.74, 6) is 0.871. The number of imidazole rings is 1. The predicted molar refractivity (Wildman–Crippen MR) is 144 cm³/mol. The van der Waals surface area contributed by atoms with E-state index in [-0.39, 0.29) is 41.3 Å². The number of carbonyl (C=O) groups is 2. The topological polar surface area (TPSA) is 177 Å². The van der Waals surface area contributed by atoms with Crippen molar-refractivity contribution in [3.63, 3.8) is 0 Å². The SMILES string of the molecule is CC(=O)c1c(C2CC3CC[C@@H](C2)N3C(=O)c2ncn[nH]2)nc2c(-c3cnc(-c4ncc[nH]4)c(C)c3)cnn2c1N. The van der Waals surface area contributed by atoms with E-state index >= 15 is 0 Å². The number of ketones is 1. The van der Waals surface area contributed by atoms with E-state index in [9.17, 15) is 9.59 Å². The number of aromatic nitrogens is 9. The molecule has 0 saturated carbocycles. The first-order valence-electron chi connectivity index (χ1n) is 13.2. The molecule has 2 aliphatic heterocycles. The number of nitrogens with one attached hydrogen (secondary N) is 2. The molecule has 202 valence electrons. The van der Waals surface area contributed by atoms with Crippen molar-refractivity contribution in [1.29, 1.82) is 0 Å². The number of nitrogen functional groups attached to an aromatic ring is 1. The van der Waals surface area contributed by atoms with Crippen LogP contribution in [-0.2, 0) is 0 Å². The monoisotopic (exact) mass is 537 g/mol. The van der Waals surface area contributed by atoms with E-state index < -0.39 is 0 Å². The molecule has 2 aliphatic rings. The van der Waals surface area contributed by atoms with Gasteiger partial charge in [-0.1, -0.05) is 0 Å². The van der Waals surface area contributed by atoms with Gasteiger partial charge in [-0.15, -0.1) is 0 Å². The molecule has 7 rings (SSSR count). The summed E-state index contributed by atoms with van der Waals surface area (Å²) in [7, 11) is 0. The van der Waals surface area contributed by atoms with Crippen LogP contribution in [0, 0.1) is 6.92 Å². The fourth-order valence-corrected chi connectivity index (χ4v) is 6.42. The molecular weight excluding hydrogens is 510 g/mol. The summed E-state index contributed by atoms with van der Waals surface area (Å²) in [6.07, 6.45) is 11.4. The molecular formula is C27H27N11O2. The summed E-state index contributed by atoms with van der Waals surface area (Å²) >= 11 is 0. The first-order chi connectivity index (χ1) is 19.4. The van der Waals surface area contributed by atoms with E-state index in [1.807, 2.05) is 17.9 Å². The van der Waals surface area contributed by atoms with Crippen molar-refractivity contribution < 1.29 is 9.59 Å². The van der Waals surface area contributed by atoms with Crippen molar-refractivity contribution >= 4 is 23.2 Å². The lowest BCUT2D eigenvalue weighted by Gasteiger charge is -2.38. The molecule has 2 saturated heterocycles. The second kappa shape index (κ2) is 9.07. The number of hydrogen-bond donors (Lipinski definition) is 3. The molecule has 0 radical (unpaired) electrons. The normalized spacial score (nSPS) is 20.4. The van der Waals surface area contributed by atoms with Crippen molar-refractivity contribution in [2.24, 2.45) is 0 Å². The molecule has 3 atom stereocenters. The van der Waals surface area contributed by atoms with Gasteiger partial charge in [-0.25, -0.2) is 15.0 Å². The smallest absolute Gasteiger partial charge is 0.291 e. The van der Waals surface area contributed by atoms with Crippen LogP contribution in [0.3, 0.4) is 0 Å². The Morgan fingerprint density at radius 1 is 1.10 bits per heavy atom. The van der Waals surface area contributed by atoms with Crippen molar-refractivity contribution in [2.45, 2.75) is 57.5 Å². The number of H-pyrrole nitrogens is 2. The van der Waals surface area contributed by atoms with Crippen LogP contribution in [0.25, 0.3) is 28.3 Å². The molecule has 13 heteroatoms.